The standard InChI is InChI=1S/C20H21Cl2NO4/c1-12-5-6-17(18(8-12)27-11-14-4-3-7-26-14)23-20(24)13-9-15(21)19(25-2)16(22)10-13/h5-6,8-10,14H,3-4,7,11H2,1-2H3,(H,23,24). The van der Waals surface area contributed by atoms with Crippen molar-refractivity contribution in [3.63, 3.8) is 0 Å². The van der Waals surface area contributed by atoms with E-state index in [9.17, 15) is 4.79 Å². The van der Waals surface area contributed by atoms with Crippen molar-refractivity contribution in [2.24, 2.45) is 0 Å². The summed E-state index contributed by atoms with van der Waals surface area (Å²) >= 11 is 12.3. The number of nitrogens with one attached hydrogen (secondary N) is 1. The van der Waals surface area contributed by atoms with Gasteiger partial charge < -0.3 is 19.5 Å². The molecule has 1 saturated heterocycles. The molecule has 1 aliphatic rings. The lowest BCUT2D eigenvalue weighted by atomic mass is 10.1. The Morgan fingerprint density at radius 3 is 2.63 bits per heavy atom. The van der Waals surface area contributed by atoms with Crippen LogP contribution in [0.2, 0.25) is 10.0 Å². The number of carbonyl (C=O) groups excluding carboxylic acids is 1. The average Bonchev–Trinajstić information content (AvgIpc) is 3.15. The molecule has 7 heteroatoms. The van der Waals surface area contributed by atoms with E-state index >= 15 is 0 Å². The molecule has 1 amide bonds. The molecule has 0 bridgehead atoms. The Morgan fingerprint density at radius 1 is 1.26 bits per heavy atom. The first kappa shape index (κ1) is 19.8. The fourth-order valence-electron chi connectivity index (χ4n) is 2.89. The fourth-order valence-corrected chi connectivity index (χ4v) is 3.53. The third kappa shape index (κ3) is 4.86. The highest BCUT2D eigenvalue weighted by Gasteiger charge is 2.18. The van der Waals surface area contributed by atoms with E-state index in [1.54, 1.807) is 0 Å². The van der Waals surface area contributed by atoms with Gasteiger partial charge >= 0.3 is 0 Å². The maximum atomic E-state index is 12.7. The van der Waals surface area contributed by atoms with Gasteiger partial charge in [-0.2, -0.15) is 0 Å². The minimum atomic E-state index is -0.340. The molecule has 1 unspecified atom stereocenters. The van der Waals surface area contributed by atoms with Crippen LogP contribution in [0.3, 0.4) is 0 Å². The fraction of sp³-hybridized carbons (Fsp3) is 0.350. The van der Waals surface area contributed by atoms with Crippen LogP contribution in [0.5, 0.6) is 11.5 Å². The van der Waals surface area contributed by atoms with Crippen molar-refractivity contribution in [3.8, 4) is 11.5 Å². The second-order valence-corrected chi connectivity index (χ2v) is 7.19. The maximum absolute atomic E-state index is 12.7. The molecule has 3 rings (SSSR count). The summed E-state index contributed by atoms with van der Waals surface area (Å²) in [5.74, 6) is 0.600. The van der Waals surface area contributed by atoms with Crippen LogP contribution in [-0.4, -0.2) is 32.3 Å². The Hall–Kier alpha value is -1.95. The van der Waals surface area contributed by atoms with Crippen molar-refractivity contribution in [2.45, 2.75) is 25.9 Å². The zero-order valence-corrected chi connectivity index (χ0v) is 16.7. The van der Waals surface area contributed by atoms with E-state index < -0.39 is 0 Å². The van der Waals surface area contributed by atoms with E-state index in [4.69, 9.17) is 37.4 Å². The first-order valence-corrected chi connectivity index (χ1v) is 9.43. The van der Waals surface area contributed by atoms with Gasteiger partial charge in [0.05, 0.1) is 28.9 Å². The number of ether oxygens (including phenoxy) is 3. The third-order valence-corrected chi connectivity index (χ3v) is 4.86. The molecular weight excluding hydrogens is 389 g/mol. The van der Waals surface area contributed by atoms with Gasteiger partial charge in [0, 0.05) is 12.2 Å². The van der Waals surface area contributed by atoms with Crippen molar-refractivity contribution in [2.75, 3.05) is 25.6 Å². The largest absolute Gasteiger partial charge is 0.494 e. The van der Waals surface area contributed by atoms with Gasteiger partial charge in [-0.15, -0.1) is 0 Å². The molecule has 0 spiro atoms. The maximum Gasteiger partial charge on any atom is 0.255 e. The molecule has 1 fully saturated rings. The number of benzene rings is 2. The summed E-state index contributed by atoms with van der Waals surface area (Å²) in [6, 6.07) is 8.64. The van der Waals surface area contributed by atoms with Gasteiger partial charge in [-0.3, -0.25) is 4.79 Å². The van der Waals surface area contributed by atoms with Crippen LogP contribution in [-0.2, 0) is 4.74 Å². The topological polar surface area (TPSA) is 56.8 Å². The molecule has 5 nitrogen and oxygen atoms in total. The Labute approximate surface area is 168 Å². The minimum Gasteiger partial charge on any atom is -0.494 e. The monoisotopic (exact) mass is 409 g/mol. The van der Waals surface area contributed by atoms with Gasteiger partial charge in [0.2, 0.25) is 0 Å². The normalized spacial score (nSPS) is 16.2. The second-order valence-electron chi connectivity index (χ2n) is 6.37. The van der Waals surface area contributed by atoms with Crippen LogP contribution in [0, 0.1) is 6.92 Å². The number of hydrogen-bond acceptors (Lipinski definition) is 4. The molecule has 0 saturated carbocycles. The highest BCUT2D eigenvalue weighted by atomic mass is 35.5. The van der Waals surface area contributed by atoms with Gasteiger partial charge in [-0.05, 0) is 49.6 Å². The lowest BCUT2D eigenvalue weighted by Gasteiger charge is -2.16. The first-order valence-electron chi connectivity index (χ1n) is 8.67. The molecule has 27 heavy (non-hydrogen) atoms. The zero-order chi connectivity index (χ0) is 19.4. The van der Waals surface area contributed by atoms with Gasteiger partial charge in [0.25, 0.3) is 5.91 Å². The SMILES string of the molecule is COc1c(Cl)cc(C(=O)Nc2ccc(C)cc2OCC2CCCO2)cc1Cl. The van der Waals surface area contributed by atoms with E-state index in [2.05, 4.69) is 5.32 Å². The van der Waals surface area contributed by atoms with Crippen LogP contribution in [0.1, 0.15) is 28.8 Å². The predicted octanol–water partition coefficient (Wildman–Crippen LogP) is 5.12. The lowest BCUT2D eigenvalue weighted by Crippen LogP contribution is -2.18. The third-order valence-electron chi connectivity index (χ3n) is 4.30. The van der Waals surface area contributed by atoms with Crippen LogP contribution in [0.15, 0.2) is 30.3 Å². The number of aryl methyl sites for hydroxylation is 1. The van der Waals surface area contributed by atoms with E-state index in [1.807, 2.05) is 25.1 Å². The molecule has 0 aromatic heterocycles. The van der Waals surface area contributed by atoms with Gasteiger partial charge in [-0.25, -0.2) is 0 Å². The Balaban J connectivity index is 1.77. The summed E-state index contributed by atoms with van der Waals surface area (Å²) in [4.78, 5) is 12.7. The molecule has 144 valence electrons. The first-order chi connectivity index (χ1) is 13.0. The molecule has 1 aliphatic heterocycles. The van der Waals surface area contributed by atoms with Crippen molar-refractivity contribution in [1.29, 1.82) is 0 Å². The summed E-state index contributed by atoms with van der Waals surface area (Å²) < 4.78 is 16.6. The molecule has 2 aromatic carbocycles. The minimum absolute atomic E-state index is 0.0910. The number of halogens is 2. The van der Waals surface area contributed by atoms with Gasteiger partial charge in [0.1, 0.15) is 12.4 Å². The summed E-state index contributed by atoms with van der Waals surface area (Å²) in [6.07, 6.45) is 2.12. The van der Waals surface area contributed by atoms with Crippen LogP contribution in [0.25, 0.3) is 0 Å². The van der Waals surface area contributed by atoms with E-state index in [1.165, 1.54) is 19.2 Å². The van der Waals surface area contributed by atoms with E-state index in [0.717, 1.165) is 25.0 Å². The van der Waals surface area contributed by atoms with E-state index in [0.29, 0.717) is 29.4 Å². The van der Waals surface area contributed by atoms with Crippen molar-refractivity contribution in [1.82, 2.24) is 0 Å². The molecule has 0 radical (unpaired) electrons. The quantitative estimate of drug-likeness (QED) is 0.718. The zero-order valence-electron chi connectivity index (χ0n) is 15.2. The predicted molar refractivity (Wildman–Crippen MR) is 107 cm³/mol. The number of rotatable bonds is 6. The molecule has 2 aromatic rings. The summed E-state index contributed by atoms with van der Waals surface area (Å²) in [5.41, 5.74) is 1.94. The highest BCUT2D eigenvalue weighted by Crippen LogP contribution is 2.34. The Kier molecular flexibility index (Phi) is 6.47. The number of amides is 1. The molecular formula is C20H21Cl2NO4. The molecule has 0 aliphatic carbocycles. The van der Waals surface area contributed by atoms with Gasteiger partial charge in [0.15, 0.2) is 5.75 Å². The number of methoxy groups -OCH3 is 1. The van der Waals surface area contributed by atoms with Gasteiger partial charge in [-0.1, -0.05) is 29.3 Å². The Bertz CT molecular complexity index is 812. The van der Waals surface area contributed by atoms with Crippen molar-refractivity contribution in [3.05, 3.63) is 51.5 Å². The second kappa shape index (κ2) is 8.83. The molecule has 1 heterocycles. The number of hydrogen-bond donors (Lipinski definition) is 1. The lowest BCUT2D eigenvalue weighted by molar-refractivity contribution is 0.0681. The summed E-state index contributed by atoms with van der Waals surface area (Å²) in [5, 5.41) is 3.40. The van der Waals surface area contributed by atoms with Crippen molar-refractivity contribution < 1.29 is 19.0 Å². The van der Waals surface area contributed by atoms with E-state index in [-0.39, 0.29) is 22.1 Å². The van der Waals surface area contributed by atoms with Crippen LogP contribution >= 0.6 is 23.2 Å². The van der Waals surface area contributed by atoms with Crippen LogP contribution < -0.4 is 14.8 Å². The summed E-state index contributed by atoms with van der Waals surface area (Å²) in [6.45, 7) is 3.19. The highest BCUT2D eigenvalue weighted by molar-refractivity contribution is 6.37. The number of carbonyl (C=O) groups is 1. The molecule has 1 atom stereocenters. The summed E-state index contributed by atoms with van der Waals surface area (Å²) in [7, 11) is 1.47. The Morgan fingerprint density at radius 2 is 2.00 bits per heavy atom. The number of anilines is 1. The average molecular weight is 410 g/mol. The smallest absolute Gasteiger partial charge is 0.255 e. The van der Waals surface area contributed by atoms with Crippen molar-refractivity contribution >= 4 is 34.8 Å². The molecule has 1 N–H and O–H groups in total. The van der Waals surface area contributed by atoms with Crippen LogP contribution in [0.4, 0.5) is 5.69 Å².